The van der Waals surface area contributed by atoms with E-state index in [2.05, 4.69) is 31.4 Å². The highest BCUT2D eigenvalue weighted by Gasteiger charge is 2.20. The van der Waals surface area contributed by atoms with Gasteiger partial charge in [0.15, 0.2) is 5.11 Å². The number of hydrogen-bond acceptors (Lipinski definition) is 4. The highest BCUT2D eigenvalue weighted by Crippen LogP contribution is 2.24. The molecule has 1 aliphatic heterocycles. The summed E-state index contributed by atoms with van der Waals surface area (Å²) in [5.41, 5.74) is 2.58. The zero-order valence-corrected chi connectivity index (χ0v) is 19.4. The summed E-state index contributed by atoms with van der Waals surface area (Å²) >= 11 is 11.5. The van der Waals surface area contributed by atoms with Crippen LogP contribution in [-0.4, -0.2) is 48.1 Å². The van der Waals surface area contributed by atoms with Crippen LogP contribution in [0.15, 0.2) is 42.5 Å². The normalized spacial score (nSPS) is 14.1. The van der Waals surface area contributed by atoms with E-state index in [1.54, 1.807) is 35.2 Å². The van der Waals surface area contributed by atoms with Gasteiger partial charge in [-0.05, 0) is 53.5 Å². The molecule has 2 N–H and O–H groups in total. The Hall–Kier alpha value is -2.48. The molecule has 3 rings (SSSR count). The highest BCUT2D eigenvalue weighted by atomic mass is 35.5. The monoisotopic (exact) mass is 459 g/mol. The SMILES string of the molecule is CC(C)(C)c1ccc(C(=O)NC(=S)Nc2cc(C(=O)N3CCOCC3)ccc2Cl)cc1. The van der Waals surface area contributed by atoms with Crippen molar-refractivity contribution in [2.45, 2.75) is 26.2 Å². The third kappa shape index (κ3) is 6.03. The number of thiocarbonyl (C=S) groups is 1. The van der Waals surface area contributed by atoms with Gasteiger partial charge in [0.05, 0.1) is 23.9 Å². The molecule has 1 heterocycles. The van der Waals surface area contributed by atoms with Crippen LogP contribution in [0.3, 0.4) is 0 Å². The molecule has 0 saturated carbocycles. The molecule has 8 heteroatoms. The second kappa shape index (κ2) is 9.77. The van der Waals surface area contributed by atoms with Crippen LogP contribution in [0.1, 0.15) is 47.1 Å². The minimum atomic E-state index is -0.324. The summed E-state index contributed by atoms with van der Waals surface area (Å²) in [5, 5.41) is 6.06. The Balaban J connectivity index is 1.65. The first-order chi connectivity index (χ1) is 14.6. The predicted molar refractivity (Wildman–Crippen MR) is 127 cm³/mol. The summed E-state index contributed by atoms with van der Waals surface area (Å²) in [6.45, 7) is 8.49. The van der Waals surface area contributed by atoms with Gasteiger partial charge in [0.25, 0.3) is 11.8 Å². The van der Waals surface area contributed by atoms with E-state index in [4.69, 9.17) is 28.6 Å². The molecule has 0 bridgehead atoms. The summed E-state index contributed by atoms with van der Waals surface area (Å²) < 4.78 is 5.29. The second-order valence-electron chi connectivity index (χ2n) is 8.33. The topological polar surface area (TPSA) is 70.7 Å². The Labute approximate surface area is 192 Å². The van der Waals surface area contributed by atoms with Crippen molar-refractivity contribution in [3.63, 3.8) is 0 Å². The van der Waals surface area contributed by atoms with E-state index in [1.165, 1.54) is 0 Å². The predicted octanol–water partition coefficient (Wildman–Crippen LogP) is 4.24. The lowest BCUT2D eigenvalue weighted by Gasteiger charge is -2.27. The Morgan fingerprint density at radius 3 is 2.26 bits per heavy atom. The molecule has 1 aliphatic rings. The van der Waals surface area contributed by atoms with Crippen molar-refractivity contribution >= 4 is 46.4 Å². The number of anilines is 1. The number of hydrogen-bond donors (Lipinski definition) is 2. The summed E-state index contributed by atoms with van der Waals surface area (Å²) in [6.07, 6.45) is 0. The van der Waals surface area contributed by atoms with Crippen molar-refractivity contribution in [3.8, 4) is 0 Å². The number of nitrogens with one attached hydrogen (secondary N) is 2. The summed E-state index contributed by atoms with van der Waals surface area (Å²) in [7, 11) is 0. The van der Waals surface area contributed by atoms with Crippen molar-refractivity contribution in [1.82, 2.24) is 10.2 Å². The molecular weight excluding hydrogens is 434 g/mol. The number of benzene rings is 2. The fraction of sp³-hybridized carbons (Fsp3) is 0.348. The van der Waals surface area contributed by atoms with E-state index in [9.17, 15) is 9.59 Å². The van der Waals surface area contributed by atoms with Crippen LogP contribution in [0, 0.1) is 0 Å². The lowest BCUT2D eigenvalue weighted by atomic mass is 9.87. The van der Waals surface area contributed by atoms with Gasteiger partial charge in [-0.3, -0.25) is 14.9 Å². The van der Waals surface area contributed by atoms with E-state index in [-0.39, 0.29) is 22.3 Å². The maximum absolute atomic E-state index is 12.7. The summed E-state index contributed by atoms with van der Waals surface area (Å²) in [5.74, 6) is -0.425. The number of carbonyl (C=O) groups excluding carboxylic acids is 2. The van der Waals surface area contributed by atoms with Crippen molar-refractivity contribution in [2.75, 3.05) is 31.6 Å². The summed E-state index contributed by atoms with van der Waals surface area (Å²) in [4.78, 5) is 27.0. The Morgan fingerprint density at radius 1 is 1.03 bits per heavy atom. The number of rotatable bonds is 3. The molecule has 1 saturated heterocycles. The molecule has 0 aliphatic carbocycles. The van der Waals surface area contributed by atoms with Crippen LogP contribution < -0.4 is 10.6 Å². The van der Waals surface area contributed by atoms with Crippen LogP contribution in [0.4, 0.5) is 5.69 Å². The van der Waals surface area contributed by atoms with Crippen LogP contribution in [-0.2, 0) is 10.2 Å². The van der Waals surface area contributed by atoms with Crippen LogP contribution >= 0.6 is 23.8 Å². The van der Waals surface area contributed by atoms with Crippen molar-refractivity contribution in [3.05, 3.63) is 64.2 Å². The van der Waals surface area contributed by atoms with Crippen molar-refractivity contribution in [2.24, 2.45) is 0 Å². The molecule has 1 fully saturated rings. The quantitative estimate of drug-likeness (QED) is 0.672. The molecule has 31 heavy (non-hydrogen) atoms. The largest absolute Gasteiger partial charge is 0.378 e. The molecule has 0 radical (unpaired) electrons. The Kier molecular flexibility index (Phi) is 7.30. The molecular formula is C23H26ClN3O3S. The maximum atomic E-state index is 12.7. The van der Waals surface area contributed by atoms with Gasteiger partial charge in [0.1, 0.15) is 0 Å². The van der Waals surface area contributed by atoms with Crippen LogP contribution in [0.25, 0.3) is 0 Å². The average Bonchev–Trinajstić information content (AvgIpc) is 2.75. The number of morpholine rings is 1. The number of halogens is 1. The molecule has 2 aromatic carbocycles. The fourth-order valence-corrected chi connectivity index (χ4v) is 3.52. The van der Waals surface area contributed by atoms with E-state index in [0.717, 1.165) is 5.56 Å². The first kappa shape index (κ1) is 23.2. The number of nitrogens with zero attached hydrogens (tertiary/aromatic N) is 1. The van der Waals surface area contributed by atoms with Gasteiger partial charge in [0, 0.05) is 24.2 Å². The molecule has 0 atom stereocenters. The zero-order chi connectivity index (χ0) is 22.6. The molecule has 0 spiro atoms. The third-order valence-corrected chi connectivity index (χ3v) is 5.53. The van der Waals surface area contributed by atoms with Crippen LogP contribution in [0.5, 0.6) is 0 Å². The standard InChI is InChI=1S/C23H26ClN3O3S/c1-23(2,3)17-7-4-15(5-8-17)20(28)26-22(31)25-19-14-16(6-9-18(19)24)21(29)27-10-12-30-13-11-27/h4-9,14H,10-13H2,1-3H3,(H2,25,26,28,31). The number of ether oxygens (including phenoxy) is 1. The number of amides is 2. The smallest absolute Gasteiger partial charge is 0.257 e. The van der Waals surface area contributed by atoms with Gasteiger partial charge in [-0.15, -0.1) is 0 Å². The molecule has 0 aromatic heterocycles. The minimum Gasteiger partial charge on any atom is -0.378 e. The van der Waals surface area contributed by atoms with Gasteiger partial charge in [-0.1, -0.05) is 44.5 Å². The molecule has 0 unspecified atom stereocenters. The summed E-state index contributed by atoms with van der Waals surface area (Å²) in [6, 6.07) is 12.3. The van der Waals surface area contributed by atoms with Crippen molar-refractivity contribution in [1.29, 1.82) is 0 Å². The Bertz CT molecular complexity index is 981. The van der Waals surface area contributed by atoms with E-state index >= 15 is 0 Å². The van der Waals surface area contributed by atoms with Gasteiger partial charge < -0.3 is 15.0 Å². The van der Waals surface area contributed by atoms with E-state index in [1.807, 2.05) is 12.1 Å². The molecule has 6 nitrogen and oxygen atoms in total. The van der Waals surface area contributed by atoms with E-state index < -0.39 is 0 Å². The Morgan fingerprint density at radius 2 is 1.65 bits per heavy atom. The van der Waals surface area contributed by atoms with Crippen LogP contribution in [0.2, 0.25) is 5.02 Å². The molecule has 164 valence electrons. The molecule has 2 amide bonds. The fourth-order valence-electron chi connectivity index (χ4n) is 3.15. The van der Waals surface area contributed by atoms with Gasteiger partial charge >= 0.3 is 0 Å². The lowest BCUT2D eigenvalue weighted by molar-refractivity contribution is 0.0303. The average molecular weight is 460 g/mol. The lowest BCUT2D eigenvalue weighted by Crippen LogP contribution is -2.40. The third-order valence-electron chi connectivity index (χ3n) is 5.00. The first-order valence-electron chi connectivity index (χ1n) is 10.0. The van der Waals surface area contributed by atoms with Gasteiger partial charge in [-0.2, -0.15) is 0 Å². The second-order valence-corrected chi connectivity index (χ2v) is 9.15. The number of carbonyl (C=O) groups is 2. The maximum Gasteiger partial charge on any atom is 0.257 e. The van der Waals surface area contributed by atoms with Crippen molar-refractivity contribution < 1.29 is 14.3 Å². The zero-order valence-electron chi connectivity index (χ0n) is 17.8. The molecule has 2 aromatic rings. The first-order valence-corrected chi connectivity index (χ1v) is 10.8. The van der Waals surface area contributed by atoms with E-state index in [0.29, 0.717) is 48.1 Å². The minimum absolute atomic E-state index is 0.00623. The highest BCUT2D eigenvalue weighted by molar-refractivity contribution is 7.80. The van der Waals surface area contributed by atoms with Gasteiger partial charge in [-0.25, -0.2) is 0 Å². The van der Waals surface area contributed by atoms with Gasteiger partial charge in [0.2, 0.25) is 0 Å².